The van der Waals surface area contributed by atoms with Crippen molar-refractivity contribution in [2.75, 3.05) is 6.54 Å². The lowest BCUT2D eigenvalue weighted by atomic mass is 10.1. The third-order valence-electron chi connectivity index (χ3n) is 3.42. The first-order valence-electron chi connectivity index (χ1n) is 6.03. The Kier molecular flexibility index (Phi) is 3.19. The molecule has 0 aromatic carbocycles. The number of hydrogen-bond donors (Lipinski definition) is 1. The lowest BCUT2D eigenvalue weighted by molar-refractivity contribution is -0.133. The van der Waals surface area contributed by atoms with Gasteiger partial charge in [-0.1, -0.05) is 6.92 Å². The lowest BCUT2D eigenvalue weighted by Crippen LogP contribution is -2.40. The second-order valence-corrected chi connectivity index (χ2v) is 5.11. The van der Waals surface area contributed by atoms with Crippen molar-refractivity contribution in [2.45, 2.75) is 32.4 Å². The van der Waals surface area contributed by atoms with Crippen LogP contribution in [-0.4, -0.2) is 33.2 Å². The highest BCUT2D eigenvalue weighted by Gasteiger charge is 2.33. The van der Waals surface area contributed by atoms with Gasteiger partial charge in [-0.15, -0.1) is 0 Å². The molecule has 0 bridgehead atoms. The molecule has 3 unspecified atom stereocenters. The maximum Gasteiger partial charge on any atom is 0.244 e. The van der Waals surface area contributed by atoms with Crippen molar-refractivity contribution < 1.29 is 4.79 Å². The summed E-state index contributed by atoms with van der Waals surface area (Å²) in [7, 11) is 1.82. The molecule has 94 valence electrons. The maximum atomic E-state index is 12.3. The number of amides is 1. The zero-order chi connectivity index (χ0) is 12.6. The van der Waals surface area contributed by atoms with Crippen molar-refractivity contribution in [1.82, 2.24) is 14.7 Å². The summed E-state index contributed by atoms with van der Waals surface area (Å²) in [5, 5.41) is 4.05. The zero-order valence-corrected chi connectivity index (χ0v) is 10.6. The average Bonchev–Trinajstić information content (AvgIpc) is 2.83. The van der Waals surface area contributed by atoms with Crippen molar-refractivity contribution in [3.63, 3.8) is 0 Å². The molecule has 2 heterocycles. The Morgan fingerprint density at radius 2 is 2.29 bits per heavy atom. The monoisotopic (exact) mass is 236 g/mol. The molecule has 1 fully saturated rings. The van der Waals surface area contributed by atoms with Gasteiger partial charge < -0.3 is 10.6 Å². The van der Waals surface area contributed by atoms with Crippen molar-refractivity contribution in [3.8, 4) is 0 Å². The van der Waals surface area contributed by atoms with Crippen molar-refractivity contribution in [2.24, 2.45) is 18.7 Å². The van der Waals surface area contributed by atoms with E-state index in [1.54, 1.807) is 17.1 Å². The van der Waals surface area contributed by atoms with E-state index >= 15 is 0 Å². The summed E-state index contributed by atoms with van der Waals surface area (Å²) < 4.78 is 1.67. The fourth-order valence-electron chi connectivity index (χ4n) is 2.53. The lowest BCUT2D eigenvalue weighted by Gasteiger charge is -2.24. The van der Waals surface area contributed by atoms with E-state index < -0.39 is 6.04 Å². The molecular weight excluding hydrogens is 216 g/mol. The van der Waals surface area contributed by atoms with E-state index in [0.717, 1.165) is 18.5 Å². The molecule has 17 heavy (non-hydrogen) atoms. The number of carbonyl (C=O) groups is 1. The van der Waals surface area contributed by atoms with Crippen molar-refractivity contribution in [3.05, 3.63) is 18.0 Å². The van der Waals surface area contributed by atoms with Crippen LogP contribution in [0.2, 0.25) is 0 Å². The third-order valence-corrected chi connectivity index (χ3v) is 3.42. The van der Waals surface area contributed by atoms with Gasteiger partial charge in [0.15, 0.2) is 0 Å². The first-order chi connectivity index (χ1) is 7.99. The predicted octanol–water partition coefficient (Wildman–Crippen LogP) is 0.677. The van der Waals surface area contributed by atoms with E-state index in [1.807, 2.05) is 11.9 Å². The molecule has 2 rings (SSSR count). The SMILES string of the molecule is CC1CC(C)N(C(=O)C(N)c2cnn(C)c2)C1. The molecule has 5 nitrogen and oxygen atoms in total. The van der Waals surface area contributed by atoms with Gasteiger partial charge in [0.1, 0.15) is 6.04 Å². The van der Waals surface area contributed by atoms with Gasteiger partial charge in [0.2, 0.25) is 5.91 Å². The molecule has 1 amide bonds. The number of carbonyl (C=O) groups excluding carboxylic acids is 1. The van der Waals surface area contributed by atoms with Gasteiger partial charge >= 0.3 is 0 Å². The number of hydrogen-bond acceptors (Lipinski definition) is 3. The highest BCUT2D eigenvalue weighted by Crippen LogP contribution is 2.25. The van der Waals surface area contributed by atoms with E-state index in [1.165, 1.54) is 0 Å². The zero-order valence-electron chi connectivity index (χ0n) is 10.6. The number of nitrogens with zero attached hydrogens (tertiary/aromatic N) is 3. The van der Waals surface area contributed by atoms with Gasteiger partial charge in [-0.25, -0.2) is 0 Å². The third kappa shape index (κ3) is 2.34. The fraction of sp³-hybridized carbons (Fsp3) is 0.667. The van der Waals surface area contributed by atoms with Crippen LogP contribution in [0.25, 0.3) is 0 Å². The summed E-state index contributed by atoms with van der Waals surface area (Å²) >= 11 is 0. The number of likely N-dealkylation sites (tertiary alicyclic amines) is 1. The Morgan fingerprint density at radius 1 is 1.59 bits per heavy atom. The molecular formula is C12H20N4O. The Labute approximate surface area is 102 Å². The van der Waals surface area contributed by atoms with Crippen LogP contribution in [0.5, 0.6) is 0 Å². The standard InChI is InChI=1S/C12H20N4O/c1-8-4-9(2)16(6-8)12(17)11(13)10-5-14-15(3)7-10/h5,7-9,11H,4,6,13H2,1-3H3. The Hall–Kier alpha value is -1.36. The number of aryl methyl sites for hydroxylation is 1. The van der Waals surface area contributed by atoms with Gasteiger partial charge in [0.05, 0.1) is 6.20 Å². The van der Waals surface area contributed by atoms with Gasteiger partial charge in [0.25, 0.3) is 0 Å². The molecule has 1 aliphatic heterocycles. The number of aromatic nitrogens is 2. The fourth-order valence-corrected chi connectivity index (χ4v) is 2.53. The van der Waals surface area contributed by atoms with Crippen LogP contribution in [-0.2, 0) is 11.8 Å². The summed E-state index contributed by atoms with van der Waals surface area (Å²) in [5.41, 5.74) is 6.78. The smallest absolute Gasteiger partial charge is 0.244 e. The topological polar surface area (TPSA) is 64.2 Å². The minimum absolute atomic E-state index is 0.00912. The van der Waals surface area contributed by atoms with E-state index in [0.29, 0.717) is 12.0 Å². The van der Waals surface area contributed by atoms with Crippen LogP contribution >= 0.6 is 0 Å². The summed E-state index contributed by atoms with van der Waals surface area (Å²) in [4.78, 5) is 14.2. The second kappa shape index (κ2) is 4.49. The highest BCUT2D eigenvalue weighted by molar-refractivity contribution is 5.83. The van der Waals surface area contributed by atoms with Crippen molar-refractivity contribution >= 4 is 5.91 Å². The van der Waals surface area contributed by atoms with Crippen LogP contribution in [0.1, 0.15) is 31.9 Å². The van der Waals surface area contributed by atoms with Gasteiger partial charge in [-0.2, -0.15) is 5.10 Å². The molecule has 2 N–H and O–H groups in total. The molecule has 0 spiro atoms. The number of rotatable bonds is 2. The molecule has 1 saturated heterocycles. The molecule has 0 radical (unpaired) electrons. The number of nitrogens with two attached hydrogens (primary N) is 1. The highest BCUT2D eigenvalue weighted by atomic mass is 16.2. The van der Waals surface area contributed by atoms with Crippen LogP contribution in [0.4, 0.5) is 0 Å². The maximum absolute atomic E-state index is 12.3. The summed E-state index contributed by atoms with van der Waals surface area (Å²) in [5.74, 6) is 0.574. The van der Waals surface area contributed by atoms with E-state index in [9.17, 15) is 4.79 Å². The minimum atomic E-state index is -0.587. The Morgan fingerprint density at radius 3 is 2.76 bits per heavy atom. The van der Waals surface area contributed by atoms with E-state index in [4.69, 9.17) is 5.73 Å². The van der Waals surface area contributed by atoms with Crippen LogP contribution < -0.4 is 5.73 Å². The first kappa shape index (κ1) is 12.1. The molecule has 3 atom stereocenters. The van der Waals surface area contributed by atoms with Crippen molar-refractivity contribution in [1.29, 1.82) is 0 Å². The van der Waals surface area contributed by atoms with E-state index in [2.05, 4.69) is 18.9 Å². The molecule has 0 aliphatic carbocycles. The van der Waals surface area contributed by atoms with Crippen LogP contribution in [0, 0.1) is 5.92 Å². The second-order valence-electron chi connectivity index (χ2n) is 5.11. The summed E-state index contributed by atoms with van der Waals surface area (Å²) in [6.07, 6.45) is 4.52. The van der Waals surface area contributed by atoms with Gasteiger partial charge in [0, 0.05) is 31.4 Å². The quantitative estimate of drug-likeness (QED) is 0.821. The summed E-state index contributed by atoms with van der Waals surface area (Å²) in [6.45, 7) is 5.06. The van der Waals surface area contributed by atoms with Crippen LogP contribution in [0.3, 0.4) is 0 Å². The van der Waals surface area contributed by atoms with E-state index in [-0.39, 0.29) is 5.91 Å². The molecule has 1 aliphatic rings. The van der Waals surface area contributed by atoms with Gasteiger partial charge in [-0.3, -0.25) is 9.48 Å². The molecule has 5 heteroatoms. The minimum Gasteiger partial charge on any atom is -0.338 e. The Bertz CT molecular complexity index is 414. The molecule has 0 saturated carbocycles. The Balaban J connectivity index is 2.10. The largest absolute Gasteiger partial charge is 0.338 e. The molecule has 1 aromatic heterocycles. The van der Waals surface area contributed by atoms with Crippen LogP contribution in [0.15, 0.2) is 12.4 Å². The normalized spacial score (nSPS) is 26.2. The first-order valence-corrected chi connectivity index (χ1v) is 6.03. The van der Waals surface area contributed by atoms with Gasteiger partial charge in [-0.05, 0) is 19.3 Å². The predicted molar refractivity (Wildman–Crippen MR) is 65.1 cm³/mol. The summed E-state index contributed by atoms with van der Waals surface area (Å²) in [6, 6.07) is -0.295. The average molecular weight is 236 g/mol. The molecule has 1 aromatic rings.